The second-order valence-corrected chi connectivity index (χ2v) is 5.73. The first kappa shape index (κ1) is 15.3. The van der Waals surface area contributed by atoms with E-state index in [-0.39, 0.29) is 17.3 Å². The summed E-state index contributed by atoms with van der Waals surface area (Å²) in [6.45, 7) is 11.0. The van der Waals surface area contributed by atoms with Crippen molar-refractivity contribution in [2.75, 3.05) is 6.61 Å². The zero-order valence-electron chi connectivity index (χ0n) is 12.6. The Morgan fingerprint density at radius 3 is 2.11 bits per heavy atom. The molecule has 0 aromatic heterocycles. The summed E-state index contributed by atoms with van der Waals surface area (Å²) in [6.07, 6.45) is 6.84. The lowest BCUT2D eigenvalue weighted by atomic mass is 9.90. The number of ether oxygens (including phenoxy) is 1. The lowest BCUT2D eigenvalue weighted by Crippen LogP contribution is -2.14. The fourth-order valence-corrected chi connectivity index (χ4v) is 3.46. The first-order chi connectivity index (χ1) is 8.53. The van der Waals surface area contributed by atoms with Crippen LogP contribution in [-0.2, 0) is 9.53 Å². The van der Waals surface area contributed by atoms with Crippen molar-refractivity contribution in [1.82, 2.24) is 0 Å². The van der Waals surface area contributed by atoms with Gasteiger partial charge in [-0.3, -0.25) is 4.79 Å². The summed E-state index contributed by atoms with van der Waals surface area (Å²) >= 11 is 0. The van der Waals surface area contributed by atoms with E-state index in [1.165, 1.54) is 5.57 Å². The lowest BCUT2D eigenvalue weighted by Gasteiger charge is -2.15. The van der Waals surface area contributed by atoms with Crippen molar-refractivity contribution in [3.05, 3.63) is 11.6 Å². The predicted molar refractivity (Wildman–Crippen MR) is 75.3 cm³/mol. The fraction of sp³-hybridized carbons (Fsp3) is 0.812. The normalized spacial score (nSPS) is 24.5. The number of allylic oxidation sites excluding steroid dienone is 2. The van der Waals surface area contributed by atoms with Gasteiger partial charge in [-0.05, 0) is 44.9 Å². The van der Waals surface area contributed by atoms with E-state index in [9.17, 15) is 4.79 Å². The molecule has 2 unspecified atom stereocenters. The smallest absolute Gasteiger partial charge is 0.310 e. The van der Waals surface area contributed by atoms with Crippen LogP contribution >= 0.6 is 0 Å². The van der Waals surface area contributed by atoms with Crippen molar-refractivity contribution < 1.29 is 9.53 Å². The minimum Gasteiger partial charge on any atom is -0.466 e. The van der Waals surface area contributed by atoms with Crippen molar-refractivity contribution in [3.8, 4) is 0 Å². The topological polar surface area (TPSA) is 26.3 Å². The summed E-state index contributed by atoms with van der Waals surface area (Å²) in [5.74, 6) is 0.524. The van der Waals surface area contributed by atoms with Crippen LogP contribution in [0.3, 0.4) is 0 Å². The average Bonchev–Trinajstić information content (AvgIpc) is 2.86. The van der Waals surface area contributed by atoms with Gasteiger partial charge in [0, 0.05) is 0 Å². The van der Waals surface area contributed by atoms with Crippen LogP contribution in [0.25, 0.3) is 0 Å². The van der Waals surface area contributed by atoms with E-state index in [4.69, 9.17) is 4.74 Å². The molecule has 2 atom stereocenters. The van der Waals surface area contributed by atoms with Crippen molar-refractivity contribution >= 4 is 5.97 Å². The third-order valence-corrected chi connectivity index (χ3v) is 4.02. The van der Waals surface area contributed by atoms with Gasteiger partial charge in [-0.2, -0.15) is 0 Å². The molecule has 0 saturated heterocycles. The Bertz CT molecular complexity index is 307. The highest BCUT2D eigenvalue weighted by Crippen LogP contribution is 2.65. The maximum absolute atomic E-state index is 12.1. The van der Waals surface area contributed by atoms with E-state index in [2.05, 4.69) is 33.8 Å². The van der Waals surface area contributed by atoms with Crippen LogP contribution in [0.2, 0.25) is 0 Å². The molecule has 0 amide bonds. The summed E-state index contributed by atoms with van der Waals surface area (Å²) in [6, 6.07) is 0. The Balaban J connectivity index is 2.90. The largest absolute Gasteiger partial charge is 0.466 e. The minimum absolute atomic E-state index is 0.0156. The number of rotatable bonds is 7. The maximum Gasteiger partial charge on any atom is 0.310 e. The Morgan fingerprint density at radius 1 is 1.17 bits per heavy atom. The van der Waals surface area contributed by atoms with Crippen molar-refractivity contribution in [2.45, 2.75) is 60.3 Å². The van der Waals surface area contributed by atoms with E-state index < -0.39 is 0 Å². The summed E-state index contributed by atoms with van der Waals surface area (Å²) < 4.78 is 5.26. The third-order valence-electron chi connectivity index (χ3n) is 4.02. The minimum atomic E-state index is 0.0156. The molecule has 1 aliphatic carbocycles. The second kappa shape index (κ2) is 6.40. The lowest BCUT2D eigenvalue weighted by molar-refractivity contribution is -0.145. The standard InChI is InChI=1S/C16H28O2/c1-6-9-16(10-7-2)13(11-12(4)5)14(16)15(17)18-8-3/h11,13-14H,6-10H2,1-5H3. The van der Waals surface area contributed by atoms with E-state index >= 15 is 0 Å². The molecule has 0 aromatic rings. The summed E-state index contributed by atoms with van der Waals surface area (Å²) in [5.41, 5.74) is 1.50. The molecule has 1 fully saturated rings. The molecule has 2 heteroatoms. The Hall–Kier alpha value is -0.790. The van der Waals surface area contributed by atoms with E-state index in [1.54, 1.807) is 0 Å². The van der Waals surface area contributed by atoms with Gasteiger partial charge in [0.05, 0.1) is 12.5 Å². The quantitative estimate of drug-likeness (QED) is 0.497. The van der Waals surface area contributed by atoms with Gasteiger partial charge >= 0.3 is 5.97 Å². The molecule has 0 aliphatic heterocycles. The van der Waals surface area contributed by atoms with E-state index in [1.807, 2.05) is 6.92 Å². The summed E-state index contributed by atoms with van der Waals surface area (Å²) in [4.78, 5) is 12.1. The van der Waals surface area contributed by atoms with Gasteiger partial charge in [0.25, 0.3) is 0 Å². The van der Waals surface area contributed by atoms with Crippen LogP contribution in [0.5, 0.6) is 0 Å². The van der Waals surface area contributed by atoms with Crippen LogP contribution in [-0.4, -0.2) is 12.6 Å². The molecule has 1 aliphatic rings. The van der Waals surface area contributed by atoms with Gasteiger partial charge in [0.15, 0.2) is 0 Å². The first-order valence-electron chi connectivity index (χ1n) is 7.35. The number of carbonyl (C=O) groups is 1. The monoisotopic (exact) mass is 252 g/mol. The number of hydrogen-bond acceptors (Lipinski definition) is 2. The summed E-state index contributed by atoms with van der Waals surface area (Å²) in [5, 5.41) is 0. The Labute approximate surface area is 112 Å². The molecule has 0 spiro atoms. The molecule has 0 bridgehead atoms. The van der Waals surface area contributed by atoms with Gasteiger partial charge in [0.2, 0.25) is 0 Å². The SMILES string of the molecule is CCCC1(CCC)C(C=C(C)C)C1C(=O)OCC. The molecule has 0 radical (unpaired) electrons. The molecule has 2 nitrogen and oxygen atoms in total. The number of hydrogen-bond donors (Lipinski definition) is 0. The molecule has 0 heterocycles. The molecule has 0 N–H and O–H groups in total. The third kappa shape index (κ3) is 2.96. The van der Waals surface area contributed by atoms with E-state index in [0.29, 0.717) is 12.5 Å². The Morgan fingerprint density at radius 2 is 1.72 bits per heavy atom. The maximum atomic E-state index is 12.1. The van der Waals surface area contributed by atoms with Crippen molar-refractivity contribution in [1.29, 1.82) is 0 Å². The van der Waals surface area contributed by atoms with Gasteiger partial charge in [-0.25, -0.2) is 0 Å². The van der Waals surface area contributed by atoms with Gasteiger partial charge in [-0.1, -0.05) is 38.3 Å². The molecule has 1 saturated carbocycles. The van der Waals surface area contributed by atoms with Crippen LogP contribution in [0.1, 0.15) is 60.3 Å². The van der Waals surface area contributed by atoms with E-state index in [0.717, 1.165) is 25.7 Å². The van der Waals surface area contributed by atoms with Crippen LogP contribution in [0.15, 0.2) is 11.6 Å². The van der Waals surface area contributed by atoms with Crippen LogP contribution < -0.4 is 0 Å². The molecule has 104 valence electrons. The second-order valence-electron chi connectivity index (χ2n) is 5.73. The Kier molecular flexibility index (Phi) is 5.43. The number of esters is 1. The molecular formula is C16H28O2. The summed E-state index contributed by atoms with van der Waals surface area (Å²) in [7, 11) is 0. The van der Waals surface area contributed by atoms with Crippen LogP contribution in [0.4, 0.5) is 0 Å². The fourth-order valence-electron chi connectivity index (χ4n) is 3.46. The van der Waals surface area contributed by atoms with Crippen molar-refractivity contribution in [3.63, 3.8) is 0 Å². The zero-order chi connectivity index (χ0) is 13.8. The molecular weight excluding hydrogens is 224 g/mol. The van der Waals surface area contributed by atoms with Crippen LogP contribution in [0, 0.1) is 17.3 Å². The average molecular weight is 252 g/mol. The molecule has 1 rings (SSSR count). The molecule has 0 aromatic carbocycles. The predicted octanol–water partition coefficient (Wildman–Crippen LogP) is 4.35. The number of carbonyl (C=O) groups excluding carboxylic acids is 1. The van der Waals surface area contributed by atoms with Crippen molar-refractivity contribution in [2.24, 2.45) is 17.3 Å². The highest BCUT2D eigenvalue weighted by atomic mass is 16.5. The highest BCUT2D eigenvalue weighted by molar-refractivity contribution is 5.78. The highest BCUT2D eigenvalue weighted by Gasteiger charge is 2.65. The van der Waals surface area contributed by atoms with Gasteiger partial charge in [-0.15, -0.1) is 0 Å². The first-order valence-corrected chi connectivity index (χ1v) is 7.35. The zero-order valence-corrected chi connectivity index (χ0v) is 12.6. The molecule has 18 heavy (non-hydrogen) atoms. The van der Waals surface area contributed by atoms with Gasteiger partial charge < -0.3 is 4.74 Å². The van der Waals surface area contributed by atoms with Gasteiger partial charge in [0.1, 0.15) is 0 Å².